The average molecular weight is 160 g/mol. The summed E-state index contributed by atoms with van der Waals surface area (Å²) < 4.78 is 0. The molecule has 0 aliphatic carbocycles. The maximum Gasteiger partial charge on any atom is 0.397 e. The van der Waals surface area contributed by atoms with Crippen molar-refractivity contribution in [1.82, 2.24) is 19.8 Å². The fourth-order valence-electron chi connectivity index (χ4n) is 0.935. The molecule has 12 heavy (non-hydrogen) atoms. The molecule has 1 aromatic heterocycles. The molecular weight excluding hydrogens is 153 g/mol. The molecule has 0 atom stereocenters. The quantitative estimate of drug-likeness (QED) is 0.524. The summed E-state index contributed by atoms with van der Waals surface area (Å²) in [6, 6.07) is 0. The lowest BCUT2D eigenvalue weighted by Gasteiger charge is -2.12. The van der Waals surface area contributed by atoms with Crippen LogP contribution in [0.3, 0.4) is 0 Å². The fourth-order valence-corrected chi connectivity index (χ4v) is 0.935. The highest BCUT2D eigenvalue weighted by Crippen LogP contribution is 2.08. The van der Waals surface area contributed by atoms with E-state index in [4.69, 9.17) is 0 Å². The molecule has 0 unspecified atom stereocenters. The third-order valence-electron chi connectivity index (χ3n) is 1.48. The minimum Gasteiger partial charge on any atom is -0.406 e. The highest BCUT2D eigenvalue weighted by atomic mass is 15.3. The van der Waals surface area contributed by atoms with Gasteiger partial charge in [-0.1, -0.05) is 0 Å². The standard InChI is InChI=1S/C6H7BN5/c1-11-2-3-12(7-11)6-9-4-8-5-10-6/h2-5H,1H3. The maximum atomic E-state index is 3.99. The lowest BCUT2D eigenvalue weighted by atomic mass is 10.1. The van der Waals surface area contributed by atoms with Crippen molar-refractivity contribution in [1.29, 1.82) is 0 Å². The minimum atomic E-state index is 0.630. The van der Waals surface area contributed by atoms with Crippen molar-refractivity contribution in [3.8, 4) is 0 Å². The molecule has 0 saturated carbocycles. The molecule has 5 nitrogen and oxygen atoms in total. The Bertz CT molecular complexity index is 287. The summed E-state index contributed by atoms with van der Waals surface area (Å²) in [6.45, 7) is 0. The largest absolute Gasteiger partial charge is 0.406 e. The van der Waals surface area contributed by atoms with Crippen LogP contribution in [0.4, 0.5) is 5.95 Å². The van der Waals surface area contributed by atoms with E-state index in [9.17, 15) is 0 Å². The monoisotopic (exact) mass is 160 g/mol. The number of nitrogens with zero attached hydrogens (tertiary/aromatic N) is 5. The molecule has 0 bridgehead atoms. The van der Waals surface area contributed by atoms with Crippen LogP contribution in [0.1, 0.15) is 0 Å². The van der Waals surface area contributed by atoms with E-state index in [1.807, 2.05) is 36.6 Å². The van der Waals surface area contributed by atoms with Crippen molar-refractivity contribution in [2.24, 2.45) is 0 Å². The van der Waals surface area contributed by atoms with Gasteiger partial charge in [0, 0.05) is 12.4 Å². The third kappa shape index (κ3) is 1.23. The van der Waals surface area contributed by atoms with Gasteiger partial charge >= 0.3 is 7.55 Å². The van der Waals surface area contributed by atoms with Crippen LogP contribution in [0.2, 0.25) is 0 Å². The fraction of sp³-hybridized carbons (Fsp3) is 0.167. The van der Waals surface area contributed by atoms with Crippen molar-refractivity contribution < 1.29 is 0 Å². The topological polar surface area (TPSA) is 45.2 Å². The molecule has 0 fully saturated rings. The highest BCUT2D eigenvalue weighted by molar-refractivity contribution is 6.40. The normalized spacial score (nSPS) is 15.1. The first-order chi connectivity index (χ1) is 5.86. The van der Waals surface area contributed by atoms with Gasteiger partial charge < -0.3 is 9.62 Å². The van der Waals surface area contributed by atoms with Gasteiger partial charge in [-0.2, -0.15) is 0 Å². The Kier molecular flexibility index (Phi) is 1.66. The van der Waals surface area contributed by atoms with Gasteiger partial charge in [-0.05, 0) is 7.05 Å². The van der Waals surface area contributed by atoms with E-state index in [2.05, 4.69) is 15.0 Å². The molecule has 0 saturated heterocycles. The molecule has 0 N–H and O–H groups in total. The molecule has 0 amide bonds. The van der Waals surface area contributed by atoms with Crippen LogP contribution in [-0.2, 0) is 0 Å². The van der Waals surface area contributed by atoms with E-state index in [1.54, 1.807) is 0 Å². The van der Waals surface area contributed by atoms with Crippen LogP contribution in [0.25, 0.3) is 0 Å². The number of hydrogen-bond donors (Lipinski definition) is 0. The van der Waals surface area contributed by atoms with E-state index in [0.717, 1.165) is 0 Å². The minimum absolute atomic E-state index is 0.630. The van der Waals surface area contributed by atoms with Gasteiger partial charge in [0.25, 0.3) is 0 Å². The van der Waals surface area contributed by atoms with Gasteiger partial charge in [0.05, 0.1) is 0 Å². The van der Waals surface area contributed by atoms with Gasteiger partial charge in [-0.3, -0.25) is 0 Å². The van der Waals surface area contributed by atoms with Crippen molar-refractivity contribution in [2.45, 2.75) is 0 Å². The Balaban J connectivity index is 2.18. The number of rotatable bonds is 1. The Labute approximate surface area is 71.0 Å². The molecule has 2 rings (SSSR count). The van der Waals surface area contributed by atoms with Gasteiger partial charge in [0.15, 0.2) is 0 Å². The molecule has 1 aliphatic rings. The first-order valence-electron chi connectivity index (χ1n) is 3.52. The van der Waals surface area contributed by atoms with Gasteiger partial charge in [-0.25, -0.2) is 15.0 Å². The molecular formula is C6H7BN5. The van der Waals surface area contributed by atoms with Crippen molar-refractivity contribution >= 4 is 13.5 Å². The van der Waals surface area contributed by atoms with E-state index >= 15 is 0 Å². The second kappa shape index (κ2) is 2.81. The molecule has 1 aromatic rings. The molecule has 0 spiro atoms. The summed E-state index contributed by atoms with van der Waals surface area (Å²) in [6.07, 6.45) is 6.75. The summed E-state index contributed by atoms with van der Waals surface area (Å²) >= 11 is 0. The predicted octanol–water partition coefficient (Wildman–Crippen LogP) is -0.371. The molecule has 1 aliphatic heterocycles. The summed E-state index contributed by atoms with van der Waals surface area (Å²) in [4.78, 5) is 15.5. The second-order valence-electron chi connectivity index (χ2n) is 2.42. The molecule has 2 heterocycles. The number of aromatic nitrogens is 3. The van der Waals surface area contributed by atoms with Crippen LogP contribution < -0.4 is 4.81 Å². The van der Waals surface area contributed by atoms with Gasteiger partial charge in [0.1, 0.15) is 12.7 Å². The van der Waals surface area contributed by atoms with Crippen LogP contribution in [0, 0.1) is 0 Å². The van der Waals surface area contributed by atoms with Crippen molar-refractivity contribution in [2.75, 3.05) is 11.9 Å². The van der Waals surface area contributed by atoms with E-state index in [1.165, 1.54) is 12.7 Å². The van der Waals surface area contributed by atoms with E-state index in [-0.39, 0.29) is 0 Å². The summed E-state index contributed by atoms with van der Waals surface area (Å²) in [5.41, 5.74) is 0. The molecule has 0 aromatic carbocycles. The molecule has 6 heteroatoms. The SMILES string of the molecule is CN1[B]N(c2ncncn2)C=C1. The van der Waals surface area contributed by atoms with Crippen LogP contribution >= 0.6 is 0 Å². The van der Waals surface area contributed by atoms with Gasteiger partial charge in [-0.15, -0.1) is 0 Å². The third-order valence-corrected chi connectivity index (χ3v) is 1.48. The Morgan fingerprint density at radius 2 is 2.00 bits per heavy atom. The number of hydrogen-bond acceptors (Lipinski definition) is 5. The smallest absolute Gasteiger partial charge is 0.397 e. The van der Waals surface area contributed by atoms with Crippen LogP contribution in [-0.4, -0.2) is 34.4 Å². The first-order valence-corrected chi connectivity index (χ1v) is 3.52. The first kappa shape index (κ1) is 7.09. The maximum absolute atomic E-state index is 3.99. The average Bonchev–Trinajstić information content (AvgIpc) is 2.54. The lowest BCUT2D eigenvalue weighted by Crippen LogP contribution is -2.27. The predicted molar refractivity (Wildman–Crippen MR) is 45.0 cm³/mol. The van der Waals surface area contributed by atoms with Crippen LogP contribution in [0.15, 0.2) is 25.1 Å². The highest BCUT2D eigenvalue weighted by Gasteiger charge is 2.15. The van der Waals surface area contributed by atoms with Crippen LogP contribution in [0.5, 0.6) is 0 Å². The lowest BCUT2D eigenvalue weighted by molar-refractivity contribution is 0.745. The Hall–Kier alpha value is -1.59. The summed E-state index contributed by atoms with van der Waals surface area (Å²) in [5, 5.41) is 0. The number of anilines is 1. The summed E-state index contributed by atoms with van der Waals surface area (Å²) in [7, 11) is 3.83. The zero-order valence-electron chi connectivity index (χ0n) is 6.62. The van der Waals surface area contributed by atoms with Crippen molar-refractivity contribution in [3.05, 3.63) is 25.1 Å². The molecule has 1 radical (unpaired) electrons. The van der Waals surface area contributed by atoms with E-state index in [0.29, 0.717) is 5.95 Å². The Morgan fingerprint density at radius 3 is 2.58 bits per heavy atom. The zero-order valence-corrected chi connectivity index (χ0v) is 6.62. The summed E-state index contributed by atoms with van der Waals surface area (Å²) in [5.74, 6) is 0.630. The van der Waals surface area contributed by atoms with Crippen molar-refractivity contribution in [3.63, 3.8) is 0 Å². The zero-order chi connectivity index (χ0) is 8.39. The molecule has 59 valence electrons. The van der Waals surface area contributed by atoms with Gasteiger partial charge in [0.2, 0.25) is 5.95 Å². The second-order valence-corrected chi connectivity index (χ2v) is 2.42. The Morgan fingerprint density at radius 1 is 1.25 bits per heavy atom. The van der Waals surface area contributed by atoms with E-state index < -0.39 is 0 Å².